The number of ether oxygens (including phenoxy) is 1. The molecule has 178 valence electrons. The molecular formula is C25H29N5O4. The lowest BCUT2D eigenvalue weighted by Gasteiger charge is -2.40. The number of allylic oxidation sites excluding steroid dienone is 1. The predicted octanol–water partition coefficient (Wildman–Crippen LogP) is 2.86. The van der Waals surface area contributed by atoms with E-state index in [-0.39, 0.29) is 28.8 Å². The predicted molar refractivity (Wildman–Crippen MR) is 126 cm³/mol. The smallest absolute Gasteiger partial charge is 0.274 e. The first-order valence-corrected chi connectivity index (χ1v) is 11.6. The maximum absolute atomic E-state index is 13.4. The van der Waals surface area contributed by atoms with Crippen LogP contribution in [0.25, 0.3) is 0 Å². The van der Waals surface area contributed by atoms with Crippen LogP contribution in [-0.4, -0.2) is 40.7 Å². The molecule has 1 aromatic heterocycles. The highest BCUT2D eigenvalue weighted by atomic mass is 16.5. The molecular weight excluding hydrogens is 434 g/mol. The molecule has 3 aliphatic rings. The van der Waals surface area contributed by atoms with Crippen LogP contribution in [0.3, 0.4) is 0 Å². The van der Waals surface area contributed by atoms with Gasteiger partial charge in [0.05, 0.1) is 5.41 Å². The van der Waals surface area contributed by atoms with Crippen molar-refractivity contribution in [3.05, 3.63) is 53.0 Å². The average Bonchev–Trinajstić information content (AvgIpc) is 3.34. The Morgan fingerprint density at radius 1 is 1.15 bits per heavy atom. The molecule has 1 aliphatic carbocycles. The highest BCUT2D eigenvalue weighted by molar-refractivity contribution is 6.10. The Morgan fingerprint density at radius 2 is 1.91 bits per heavy atom. The third-order valence-electron chi connectivity index (χ3n) is 7.46. The Kier molecular flexibility index (Phi) is 5.31. The highest BCUT2D eigenvalue weighted by Gasteiger charge is 2.47. The first-order valence-electron chi connectivity index (χ1n) is 11.6. The van der Waals surface area contributed by atoms with Crippen LogP contribution >= 0.6 is 0 Å². The van der Waals surface area contributed by atoms with Gasteiger partial charge in [-0.25, -0.2) is 0 Å². The number of carbonyl (C=O) groups is 3. The van der Waals surface area contributed by atoms with Gasteiger partial charge >= 0.3 is 0 Å². The van der Waals surface area contributed by atoms with E-state index in [2.05, 4.69) is 34.9 Å². The molecule has 2 aliphatic heterocycles. The van der Waals surface area contributed by atoms with Crippen LogP contribution in [0.5, 0.6) is 0 Å². The van der Waals surface area contributed by atoms with Crippen molar-refractivity contribution >= 4 is 29.1 Å². The lowest BCUT2D eigenvalue weighted by atomic mass is 9.66. The zero-order chi connectivity index (χ0) is 24.1. The number of amides is 3. The standard InChI is InChI=1S/C25H29N5O4/c1-24(2)8-6-17(24)20(29-21(31)19-7-11-26-30(19)3)22(32)27-15-4-5-16-18(14-15)28-23(33)25(16)9-12-34-13-10-25/h4-5,7,11,14H,6,8-10,12-13H2,1-3H3,(H,27,32)(H,28,33)(H,29,31). The zero-order valence-corrected chi connectivity index (χ0v) is 19.7. The molecule has 9 nitrogen and oxygen atoms in total. The van der Waals surface area contributed by atoms with E-state index in [1.807, 2.05) is 12.1 Å². The molecule has 5 rings (SSSR count). The molecule has 0 unspecified atom stereocenters. The van der Waals surface area contributed by atoms with Gasteiger partial charge in [0.1, 0.15) is 11.4 Å². The summed E-state index contributed by atoms with van der Waals surface area (Å²) in [4.78, 5) is 39.0. The normalized spacial score (nSPS) is 21.3. The summed E-state index contributed by atoms with van der Waals surface area (Å²) < 4.78 is 6.93. The quantitative estimate of drug-likeness (QED) is 0.604. The fraction of sp³-hybridized carbons (Fsp3) is 0.440. The Bertz CT molecular complexity index is 1220. The van der Waals surface area contributed by atoms with E-state index in [4.69, 9.17) is 4.74 Å². The molecule has 0 atom stereocenters. The number of fused-ring (bicyclic) bond motifs is 2. The van der Waals surface area contributed by atoms with Crippen molar-refractivity contribution in [2.75, 3.05) is 23.8 Å². The molecule has 1 spiro atoms. The number of rotatable bonds is 4. The number of carbonyl (C=O) groups excluding carboxylic acids is 3. The van der Waals surface area contributed by atoms with Gasteiger partial charge in [0.15, 0.2) is 0 Å². The van der Waals surface area contributed by atoms with Crippen LogP contribution in [0.2, 0.25) is 0 Å². The number of nitrogens with one attached hydrogen (secondary N) is 3. The van der Waals surface area contributed by atoms with Crippen molar-refractivity contribution in [2.45, 2.75) is 44.9 Å². The fourth-order valence-electron chi connectivity index (χ4n) is 5.17. The average molecular weight is 464 g/mol. The highest BCUT2D eigenvalue weighted by Crippen LogP contribution is 2.47. The maximum atomic E-state index is 13.4. The lowest BCUT2D eigenvalue weighted by molar-refractivity contribution is -0.124. The van der Waals surface area contributed by atoms with E-state index in [0.717, 1.165) is 24.0 Å². The molecule has 2 fully saturated rings. The van der Waals surface area contributed by atoms with Crippen LogP contribution in [0.15, 0.2) is 41.7 Å². The summed E-state index contributed by atoms with van der Waals surface area (Å²) in [6.07, 6.45) is 4.51. The van der Waals surface area contributed by atoms with Crippen molar-refractivity contribution in [2.24, 2.45) is 12.5 Å². The second kappa shape index (κ2) is 8.09. The number of hydrogen-bond acceptors (Lipinski definition) is 5. The zero-order valence-electron chi connectivity index (χ0n) is 19.7. The van der Waals surface area contributed by atoms with Gasteiger partial charge in [-0.2, -0.15) is 5.10 Å². The van der Waals surface area contributed by atoms with Crippen LogP contribution < -0.4 is 16.0 Å². The summed E-state index contributed by atoms with van der Waals surface area (Å²) in [5.74, 6) is -0.789. The monoisotopic (exact) mass is 463 g/mol. The van der Waals surface area contributed by atoms with Crippen molar-refractivity contribution in [1.29, 1.82) is 0 Å². The van der Waals surface area contributed by atoms with Gasteiger partial charge < -0.3 is 20.7 Å². The van der Waals surface area contributed by atoms with Crippen molar-refractivity contribution in [1.82, 2.24) is 15.1 Å². The van der Waals surface area contributed by atoms with Gasteiger partial charge in [0.25, 0.3) is 11.8 Å². The summed E-state index contributed by atoms with van der Waals surface area (Å²) in [7, 11) is 1.68. The number of aryl methyl sites for hydroxylation is 1. The Morgan fingerprint density at radius 3 is 2.53 bits per heavy atom. The van der Waals surface area contributed by atoms with E-state index in [1.165, 1.54) is 4.68 Å². The number of nitrogens with zero attached hydrogens (tertiary/aromatic N) is 2. The second-order valence-electron chi connectivity index (χ2n) is 9.89. The topological polar surface area (TPSA) is 114 Å². The van der Waals surface area contributed by atoms with Gasteiger partial charge in [0.2, 0.25) is 5.91 Å². The first-order chi connectivity index (χ1) is 16.2. The molecule has 1 saturated heterocycles. The number of hydrogen-bond donors (Lipinski definition) is 3. The minimum Gasteiger partial charge on any atom is -0.381 e. The van der Waals surface area contributed by atoms with Crippen LogP contribution in [-0.2, 0) is 26.8 Å². The first kappa shape index (κ1) is 22.3. The molecule has 1 saturated carbocycles. The molecule has 34 heavy (non-hydrogen) atoms. The van der Waals surface area contributed by atoms with Crippen molar-refractivity contribution < 1.29 is 19.1 Å². The van der Waals surface area contributed by atoms with Gasteiger partial charge in [-0.3, -0.25) is 19.1 Å². The molecule has 0 radical (unpaired) electrons. The second-order valence-corrected chi connectivity index (χ2v) is 9.89. The third-order valence-corrected chi connectivity index (χ3v) is 7.46. The summed E-state index contributed by atoms with van der Waals surface area (Å²) >= 11 is 0. The van der Waals surface area contributed by atoms with Crippen LogP contribution in [0, 0.1) is 5.41 Å². The molecule has 1 aromatic carbocycles. The lowest BCUT2D eigenvalue weighted by Crippen LogP contribution is -2.39. The van der Waals surface area contributed by atoms with Gasteiger partial charge in [-0.15, -0.1) is 0 Å². The van der Waals surface area contributed by atoms with E-state index in [1.54, 1.807) is 25.4 Å². The Hall–Kier alpha value is -3.46. The molecule has 9 heteroatoms. The SMILES string of the molecule is Cn1nccc1C(=O)NC(C(=O)Nc1ccc2c(c1)NC(=O)C21CCOCC1)=C1CCC1(C)C. The Labute approximate surface area is 197 Å². The van der Waals surface area contributed by atoms with Crippen molar-refractivity contribution in [3.8, 4) is 0 Å². The molecule has 3 amide bonds. The number of anilines is 2. The summed E-state index contributed by atoms with van der Waals surface area (Å²) in [6, 6.07) is 7.11. The van der Waals surface area contributed by atoms with Crippen LogP contribution in [0.4, 0.5) is 11.4 Å². The molecule has 3 heterocycles. The summed E-state index contributed by atoms with van der Waals surface area (Å²) in [6.45, 7) is 5.23. The van der Waals surface area contributed by atoms with Crippen LogP contribution in [0.1, 0.15) is 55.6 Å². The summed E-state index contributed by atoms with van der Waals surface area (Å²) in [5, 5.41) is 12.8. The summed E-state index contributed by atoms with van der Waals surface area (Å²) in [5.41, 5.74) is 3.03. The van der Waals surface area contributed by atoms with E-state index in [9.17, 15) is 14.4 Å². The Balaban J connectivity index is 1.40. The van der Waals surface area contributed by atoms with Gasteiger partial charge in [0, 0.05) is 37.8 Å². The minimum atomic E-state index is -0.559. The van der Waals surface area contributed by atoms with E-state index in [0.29, 0.717) is 43.1 Å². The molecule has 0 bridgehead atoms. The van der Waals surface area contributed by atoms with Crippen molar-refractivity contribution in [3.63, 3.8) is 0 Å². The largest absolute Gasteiger partial charge is 0.381 e. The van der Waals surface area contributed by atoms with Gasteiger partial charge in [-0.1, -0.05) is 19.9 Å². The van der Waals surface area contributed by atoms with E-state index >= 15 is 0 Å². The maximum Gasteiger partial charge on any atom is 0.274 e. The number of benzene rings is 1. The minimum absolute atomic E-state index is 0.0169. The van der Waals surface area contributed by atoms with E-state index < -0.39 is 5.41 Å². The molecule has 3 N–H and O–H groups in total. The fourth-order valence-corrected chi connectivity index (χ4v) is 5.17. The molecule has 2 aromatic rings. The third kappa shape index (κ3) is 3.60. The number of aromatic nitrogens is 2. The van der Waals surface area contributed by atoms with Gasteiger partial charge in [-0.05, 0) is 60.4 Å².